The molecule has 0 saturated carbocycles. The molecule has 4 heteroatoms. The number of ether oxygens (including phenoxy) is 1. The maximum absolute atomic E-state index is 12.2. The van der Waals surface area contributed by atoms with Crippen LogP contribution in [-0.4, -0.2) is 50.2 Å². The highest BCUT2D eigenvalue weighted by Crippen LogP contribution is 2.10. The molecule has 1 aromatic rings. The van der Waals surface area contributed by atoms with Gasteiger partial charge in [-0.25, -0.2) is 0 Å². The third-order valence-corrected chi connectivity index (χ3v) is 2.88. The molecule has 92 valence electrons. The van der Waals surface area contributed by atoms with Gasteiger partial charge >= 0.3 is 0 Å². The normalized spacial score (nSPS) is 20.3. The van der Waals surface area contributed by atoms with E-state index in [2.05, 4.69) is 5.32 Å². The summed E-state index contributed by atoms with van der Waals surface area (Å²) < 4.78 is 5.58. The zero-order valence-corrected chi connectivity index (χ0v) is 10.1. The number of carbonyl (C=O) groups excluding carboxylic acids is 1. The number of hydrogen-bond donors (Lipinski definition) is 1. The predicted octanol–water partition coefficient (Wildman–Crippen LogP) is 0.747. The number of morpholine rings is 1. The zero-order valence-electron chi connectivity index (χ0n) is 10.1. The highest BCUT2D eigenvalue weighted by molar-refractivity contribution is 5.94. The Morgan fingerprint density at radius 3 is 2.94 bits per heavy atom. The van der Waals surface area contributed by atoms with Crippen LogP contribution in [0.5, 0.6) is 0 Å². The molecule has 4 nitrogen and oxygen atoms in total. The van der Waals surface area contributed by atoms with Gasteiger partial charge < -0.3 is 15.0 Å². The summed E-state index contributed by atoms with van der Waals surface area (Å²) in [5, 5.41) is 3.07. The molecule has 0 aromatic heterocycles. The minimum Gasteiger partial charge on any atom is -0.373 e. The summed E-state index contributed by atoms with van der Waals surface area (Å²) in [6, 6.07) is 9.40. The number of amides is 1. The molecule has 1 heterocycles. The van der Waals surface area contributed by atoms with Crippen LogP contribution in [-0.2, 0) is 4.74 Å². The molecule has 0 spiro atoms. The van der Waals surface area contributed by atoms with Gasteiger partial charge in [-0.15, -0.1) is 0 Å². The minimum atomic E-state index is 0.0926. The van der Waals surface area contributed by atoms with Crippen molar-refractivity contribution in [3.63, 3.8) is 0 Å². The summed E-state index contributed by atoms with van der Waals surface area (Å²) in [6.45, 7) is 2.73. The molecular formula is C13H18N2O2. The molecule has 1 saturated heterocycles. The molecular weight excluding hydrogens is 216 g/mol. The molecule has 1 atom stereocenters. The van der Waals surface area contributed by atoms with Crippen LogP contribution in [0, 0.1) is 0 Å². The Labute approximate surface area is 102 Å². The molecule has 1 fully saturated rings. The lowest BCUT2D eigenvalue weighted by atomic mass is 10.1. The number of nitrogens with one attached hydrogen (secondary N) is 1. The van der Waals surface area contributed by atoms with Gasteiger partial charge in [-0.1, -0.05) is 18.2 Å². The summed E-state index contributed by atoms with van der Waals surface area (Å²) in [4.78, 5) is 14.1. The van der Waals surface area contributed by atoms with Crippen molar-refractivity contribution in [2.45, 2.75) is 6.10 Å². The van der Waals surface area contributed by atoms with Crippen LogP contribution in [0.15, 0.2) is 30.3 Å². The van der Waals surface area contributed by atoms with Crippen LogP contribution in [0.4, 0.5) is 0 Å². The lowest BCUT2D eigenvalue weighted by Gasteiger charge is -2.33. The topological polar surface area (TPSA) is 41.6 Å². The van der Waals surface area contributed by atoms with Crippen molar-refractivity contribution in [2.24, 2.45) is 0 Å². The first-order valence-corrected chi connectivity index (χ1v) is 5.92. The molecule has 1 aromatic carbocycles. The summed E-state index contributed by atoms with van der Waals surface area (Å²) in [5.41, 5.74) is 0.748. The largest absolute Gasteiger partial charge is 0.373 e. The molecule has 1 aliphatic rings. The van der Waals surface area contributed by atoms with Gasteiger partial charge in [-0.05, 0) is 19.2 Å². The Hall–Kier alpha value is -1.39. The first-order valence-electron chi connectivity index (χ1n) is 5.92. The first kappa shape index (κ1) is 12.1. The predicted molar refractivity (Wildman–Crippen MR) is 66.0 cm³/mol. The fourth-order valence-electron chi connectivity index (χ4n) is 2.02. The van der Waals surface area contributed by atoms with E-state index >= 15 is 0 Å². The van der Waals surface area contributed by atoms with E-state index < -0.39 is 0 Å². The molecule has 0 bridgehead atoms. The van der Waals surface area contributed by atoms with Gasteiger partial charge in [0.2, 0.25) is 0 Å². The molecule has 1 aliphatic heterocycles. The van der Waals surface area contributed by atoms with Gasteiger partial charge in [0.15, 0.2) is 0 Å². The lowest BCUT2D eigenvalue weighted by molar-refractivity contribution is -0.0196. The highest BCUT2D eigenvalue weighted by Gasteiger charge is 2.24. The quantitative estimate of drug-likeness (QED) is 0.839. The average molecular weight is 234 g/mol. The van der Waals surface area contributed by atoms with Crippen molar-refractivity contribution in [3.05, 3.63) is 35.9 Å². The second-order valence-electron chi connectivity index (χ2n) is 4.17. The fourth-order valence-corrected chi connectivity index (χ4v) is 2.02. The Kier molecular flexibility index (Phi) is 4.12. The van der Waals surface area contributed by atoms with Crippen molar-refractivity contribution < 1.29 is 9.53 Å². The van der Waals surface area contributed by atoms with Crippen molar-refractivity contribution >= 4 is 5.91 Å². The number of hydrogen-bond acceptors (Lipinski definition) is 3. The van der Waals surface area contributed by atoms with E-state index in [0.29, 0.717) is 19.7 Å². The van der Waals surface area contributed by atoms with Crippen molar-refractivity contribution in [3.8, 4) is 0 Å². The van der Waals surface area contributed by atoms with E-state index in [4.69, 9.17) is 4.74 Å². The smallest absolute Gasteiger partial charge is 0.254 e. The van der Waals surface area contributed by atoms with Crippen LogP contribution in [0.2, 0.25) is 0 Å². The van der Waals surface area contributed by atoms with E-state index in [1.54, 1.807) is 0 Å². The zero-order chi connectivity index (χ0) is 12.1. The second kappa shape index (κ2) is 5.80. The second-order valence-corrected chi connectivity index (χ2v) is 4.17. The van der Waals surface area contributed by atoms with E-state index in [0.717, 1.165) is 12.1 Å². The van der Waals surface area contributed by atoms with Crippen LogP contribution in [0.25, 0.3) is 0 Å². The number of rotatable bonds is 3. The lowest BCUT2D eigenvalue weighted by Crippen LogP contribution is -2.48. The van der Waals surface area contributed by atoms with Gasteiger partial charge in [-0.2, -0.15) is 0 Å². The van der Waals surface area contributed by atoms with Crippen LogP contribution in [0.1, 0.15) is 10.4 Å². The van der Waals surface area contributed by atoms with Crippen LogP contribution >= 0.6 is 0 Å². The maximum atomic E-state index is 12.2. The van der Waals surface area contributed by atoms with Gasteiger partial charge in [0.1, 0.15) is 0 Å². The van der Waals surface area contributed by atoms with Gasteiger partial charge in [-0.3, -0.25) is 4.79 Å². The average Bonchev–Trinajstić information content (AvgIpc) is 2.40. The van der Waals surface area contributed by atoms with Crippen LogP contribution in [0.3, 0.4) is 0 Å². The number of likely N-dealkylation sites (N-methyl/N-ethyl adjacent to an activating group) is 1. The van der Waals surface area contributed by atoms with E-state index in [-0.39, 0.29) is 12.0 Å². The Morgan fingerprint density at radius 2 is 2.24 bits per heavy atom. The van der Waals surface area contributed by atoms with E-state index in [9.17, 15) is 4.79 Å². The summed E-state index contributed by atoms with van der Waals surface area (Å²) >= 11 is 0. The Balaban J connectivity index is 2.00. The van der Waals surface area contributed by atoms with Crippen molar-refractivity contribution in [1.29, 1.82) is 0 Å². The highest BCUT2D eigenvalue weighted by atomic mass is 16.5. The summed E-state index contributed by atoms with van der Waals surface area (Å²) in [6.07, 6.45) is 0.0985. The first-order chi connectivity index (χ1) is 8.31. The van der Waals surface area contributed by atoms with E-state index in [1.165, 1.54) is 0 Å². The van der Waals surface area contributed by atoms with Gasteiger partial charge in [0.05, 0.1) is 12.7 Å². The molecule has 1 N–H and O–H groups in total. The monoisotopic (exact) mass is 234 g/mol. The fraction of sp³-hybridized carbons (Fsp3) is 0.462. The Bertz CT molecular complexity index is 365. The molecule has 1 unspecified atom stereocenters. The minimum absolute atomic E-state index is 0.0926. The summed E-state index contributed by atoms with van der Waals surface area (Å²) in [7, 11) is 1.89. The molecule has 0 aliphatic carbocycles. The Morgan fingerprint density at radius 1 is 1.47 bits per heavy atom. The number of carbonyl (C=O) groups is 1. The van der Waals surface area contributed by atoms with Crippen molar-refractivity contribution in [1.82, 2.24) is 10.2 Å². The van der Waals surface area contributed by atoms with Gasteiger partial charge in [0, 0.05) is 25.2 Å². The molecule has 2 rings (SSSR count). The number of benzene rings is 1. The number of nitrogens with zero attached hydrogens (tertiary/aromatic N) is 1. The third kappa shape index (κ3) is 3.05. The molecule has 1 amide bonds. The summed E-state index contributed by atoms with van der Waals surface area (Å²) in [5.74, 6) is 0.0926. The molecule has 17 heavy (non-hydrogen) atoms. The van der Waals surface area contributed by atoms with Gasteiger partial charge in [0.25, 0.3) is 5.91 Å². The molecule has 0 radical (unpaired) electrons. The van der Waals surface area contributed by atoms with E-state index in [1.807, 2.05) is 42.3 Å². The van der Waals surface area contributed by atoms with Crippen LogP contribution < -0.4 is 5.32 Å². The van der Waals surface area contributed by atoms with Crippen molar-refractivity contribution in [2.75, 3.05) is 33.3 Å². The third-order valence-electron chi connectivity index (χ3n) is 2.88. The SMILES string of the molecule is CNCC1CN(C(=O)c2ccccc2)CCO1. The standard InChI is InChI=1S/C13H18N2O2/c1-14-9-12-10-15(7-8-17-12)13(16)11-5-3-2-4-6-11/h2-6,12,14H,7-10H2,1H3. The maximum Gasteiger partial charge on any atom is 0.254 e.